The summed E-state index contributed by atoms with van der Waals surface area (Å²) in [6.45, 7) is 1.96. The topological polar surface area (TPSA) is 40.5 Å². The molecule has 0 aromatic rings. The average Bonchev–Trinajstić information content (AvgIpc) is 2.13. The summed E-state index contributed by atoms with van der Waals surface area (Å²) in [4.78, 5) is 0. The number of rotatable bonds is 1. The van der Waals surface area contributed by atoms with Gasteiger partial charge in [-0.05, 0) is 6.42 Å². The summed E-state index contributed by atoms with van der Waals surface area (Å²) in [5, 5.41) is 17.3. The Morgan fingerprint density at radius 3 is 2.14 bits per heavy atom. The lowest BCUT2D eigenvalue weighted by Gasteiger charge is -1.94. The summed E-state index contributed by atoms with van der Waals surface area (Å²) < 4.78 is 0. The second-order valence-electron chi connectivity index (χ2n) is 2.19. The second-order valence-corrected chi connectivity index (χ2v) is 2.19. The summed E-state index contributed by atoms with van der Waals surface area (Å²) in [6, 6.07) is 0. The maximum absolute atomic E-state index is 8.65. The summed E-state index contributed by atoms with van der Waals surface area (Å²) in [7, 11) is 0. The van der Waals surface area contributed by atoms with Crippen LogP contribution in [0.15, 0.2) is 0 Å². The Bertz CT molecular complexity index is 78.1. The van der Waals surface area contributed by atoms with Crippen LogP contribution in [0.25, 0.3) is 0 Å². The van der Waals surface area contributed by atoms with Gasteiger partial charge in [-0.25, -0.2) is 0 Å². The monoisotopic (exact) mass is 102 g/mol. The van der Waals surface area contributed by atoms with E-state index in [0.717, 1.165) is 6.42 Å². The molecular formula is C5H10O2. The fourth-order valence-electron chi connectivity index (χ4n) is 0.775. The molecule has 1 aliphatic carbocycles. The molecule has 1 saturated carbocycles. The Labute approximate surface area is 42.8 Å². The molecule has 0 spiro atoms. The Kier molecular flexibility index (Phi) is 0.869. The number of hydrogen-bond donors (Lipinski definition) is 2. The van der Waals surface area contributed by atoms with Crippen molar-refractivity contribution >= 4 is 0 Å². The van der Waals surface area contributed by atoms with Crippen LogP contribution < -0.4 is 0 Å². The van der Waals surface area contributed by atoms with Gasteiger partial charge in [0.25, 0.3) is 0 Å². The van der Waals surface area contributed by atoms with Crippen molar-refractivity contribution in [2.75, 3.05) is 0 Å². The predicted molar refractivity (Wildman–Crippen MR) is 25.6 cm³/mol. The van der Waals surface area contributed by atoms with Gasteiger partial charge in [0.2, 0.25) is 0 Å². The van der Waals surface area contributed by atoms with Crippen molar-refractivity contribution in [2.24, 2.45) is 5.92 Å². The highest BCUT2D eigenvalue weighted by atomic mass is 16.5. The minimum absolute atomic E-state index is 0.160. The van der Waals surface area contributed by atoms with Gasteiger partial charge < -0.3 is 10.2 Å². The third kappa shape index (κ3) is 0.763. The lowest BCUT2D eigenvalue weighted by atomic mass is 10.3. The summed E-state index contributed by atoms with van der Waals surface area (Å²) in [5.74, 6) is -1.12. The molecule has 1 atom stereocenters. The molecule has 1 fully saturated rings. The van der Waals surface area contributed by atoms with E-state index in [1.54, 1.807) is 0 Å². The maximum Gasteiger partial charge on any atom is 0.166 e. The van der Waals surface area contributed by atoms with Gasteiger partial charge in [-0.2, -0.15) is 0 Å². The van der Waals surface area contributed by atoms with Crippen LogP contribution in [0.5, 0.6) is 0 Å². The van der Waals surface area contributed by atoms with E-state index in [9.17, 15) is 0 Å². The van der Waals surface area contributed by atoms with Crippen molar-refractivity contribution in [1.82, 2.24) is 0 Å². The molecule has 0 amide bonds. The van der Waals surface area contributed by atoms with Crippen LogP contribution in [-0.2, 0) is 0 Å². The lowest BCUT2D eigenvalue weighted by Crippen LogP contribution is -2.07. The molecule has 0 aromatic heterocycles. The Hall–Kier alpha value is -0.0800. The molecular weight excluding hydrogens is 92.1 g/mol. The van der Waals surface area contributed by atoms with Crippen LogP contribution >= 0.6 is 0 Å². The third-order valence-electron chi connectivity index (χ3n) is 1.53. The van der Waals surface area contributed by atoms with Crippen LogP contribution in [-0.4, -0.2) is 16.0 Å². The SMILES string of the molecule is CCC1CC1(O)O. The van der Waals surface area contributed by atoms with E-state index in [1.807, 2.05) is 6.92 Å². The zero-order valence-corrected chi connectivity index (χ0v) is 4.39. The normalized spacial score (nSPS) is 35.6. The van der Waals surface area contributed by atoms with Gasteiger partial charge in [0.15, 0.2) is 5.79 Å². The molecule has 2 heteroatoms. The zero-order chi connectivity index (χ0) is 5.49. The van der Waals surface area contributed by atoms with Crippen molar-refractivity contribution in [3.05, 3.63) is 0 Å². The van der Waals surface area contributed by atoms with Crippen molar-refractivity contribution in [3.63, 3.8) is 0 Å². The third-order valence-corrected chi connectivity index (χ3v) is 1.53. The zero-order valence-electron chi connectivity index (χ0n) is 4.39. The van der Waals surface area contributed by atoms with E-state index in [2.05, 4.69) is 0 Å². The van der Waals surface area contributed by atoms with E-state index in [0.29, 0.717) is 6.42 Å². The molecule has 0 saturated heterocycles. The molecule has 0 heterocycles. The summed E-state index contributed by atoms with van der Waals surface area (Å²) in [6.07, 6.45) is 1.45. The smallest absolute Gasteiger partial charge is 0.166 e. The molecule has 1 unspecified atom stereocenters. The minimum atomic E-state index is -1.28. The van der Waals surface area contributed by atoms with Crippen molar-refractivity contribution in [2.45, 2.75) is 25.6 Å². The van der Waals surface area contributed by atoms with Gasteiger partial charge >= 0.3 is 0 Å². The van der Waals surface area contributed by atoms with Gasteiger partial charge in [-0.15, -0.1) is 0 Å². The maximum atomic E-state index is 8.65. The fourth-order valence-corrected chi connectivity index (χ4v) is 0.775. The lowest BCUT2D eigenvalue weighted by molar-refractivity contribution is -0.0825. The van der Waals surface area contributed by atoms with Crippen molar-refractivity contribution < 1.29 is 10.2 Å². The van der Waals surface area contributed by atoms with Crippen molar-refractivity contribution in [3.8, 4) is 0 Å². The van der Waals surface area contributed by atoms with Crippen LogP contribution in [0.2, 0.25) is 0 Å². The highest BCUT2D eigenvalue weighted by molar-refractivity contribution is 4.92. The standard InChI is InChI=1S/C5H10O2/c1-2-4-3-5(4,6)7/h4,6-7H,2-3H2,1H3. The molecule has 2 N–H and O–H groups in total. The first-order valence-corrected chi connectivity index (χ1v) is 2.61. The van der Waals surface area contributed by atoms with E-state index < -0.39 is 5.79 Å². The molecule has 42 valence electrons. The molecule has 0 bridgehead atoms. The molecule has 2 nitrogen and oxygen atoms in total. The fraction of sp³-hybridized carbons (Fsp3) is 1.00. The van der Waals surface area contributed by atoms with Crippen molar-refractivity contribution in [1.29, 1.82) is 0 Å². The molecule has 0 aromatic carbocycles. The highest BCUT2D eigenvalue weighted by Crippen LogP contribution is 2.42. The highest BCUT2D eigenvalue weighted by Gasteiger charge is 2.49. The van der Waals surface area contributed by atoms with Crippen LogP contribution in [0.3, 0.4) is 0 Å². The Morgan fingerprint density at radius 2 is 2.14 bits per heavy atom. The summed E-state index contributed by atoms with van der Waals surface area (Å²) in [5.41, 5.74) is 0. The molecule has 1 aliphatic rings. The first-order valence-electron chi connectivity index (χ1n) is 2.61. The van der Waals surface area contributed by atoms with Gasteiger partial charge in [0.1, 0.15) is 0 Å². The number of hydrogen-bond acceptors (Lipinski definition) is 2. The van der Waals surface area contributed by atoms with Gasteiger partial charge in [-0.3, -0.25) is 0 Å². The van der Waals surface area contributed by atoms with E-state index in [4.69, 9.17) is 10.2 Å². The molecule has 7 heavy (non-hydrogen) atoms. The summed E-state index contributed by atoms with van der Waals surface area (Å²) >= 11 is 0. The van der Waals surface area contributed by atoms with Crippen LogP contribution in [0.4, 0.5) is 0 Å². The van der Waals surface area contributed by atoms with E-state index in [-0.39, 0.29) is 5.92 Å². The van der Waals surface area contributed by atoms with Gasteiger partial charge in [-0.1, -0.05) is 6.92 Å². The first-order chi connectivity index (χ1) is 3.17. The van der Waals surface area contributed by atoms with E-state index in [1.165, 1.54) is 0 Å². The second kappa shape index (κ2) is 1.20. The predicted octanol–water partition coefficient (Wildman–Crippen LogP) is 0.0972. The Morgan fingerprint density at radius 1 is 1.71 bits per heavy atom. The Balaban J connectivity index is 2.30. The molecule has 1 rings (SSSR count). The van der Waals surface area contributed by atoms with Gasteiger partial charge in [0.05, 0.1) is 0 Å². The van der Waals surface area contributed by atoms with Crippen LogP contribution in [0, 0.1) is 5.92 Å². The minimum Gasteiger partial charge on any atom is -0.365 e. The quantitative estimate of drug-likeness (QED) is 0.461. The molecule has 0 radical (unpaired) electrons. The first kappa shape index (κ1) is 5.06. The van der Waals surface area contributed by atoms with E-state index >= 15 is 0 Å². The van der Waals surface area contributed by atoms with Gasteiger partial charge in [0, 0.05) is 12.3 Å². The average molecular weight is 102 g/mol. The van der Waals surface area contributed by atoms with Crippen LogP contribution in [0.1, 0.15) is 19.8 Å². The largest absolute Gasteiger partial charge is 0.365 e. The molecule has 0 aliphatic heterocycles. The number of aliphatic hydroxyl groups is 2.